The molecule has 8 heteroatoms. The van der Waals surface area contributed by atoms with Crippen LogP contribution in [0.4, 0.5) is 30.6 Å². The molecule has 1 aromatic heterocycles. The number of nitrogens with one attached hydrogen (secondary N) is 3. The summed E-state index contributed by atoms with van der Waals surface area (Å²) < 4.78 is 31.9. The third kappa shape index (κ3) is 5.28. The third-order valence-electron chi connectivity index (χ3n) is 6.11. The number of pyridine rings is 1. The van der Waals surface area contributed by atoms with Gasteiger partial charge >= 0.3 is 6.09 Å². The first-order chi connectivity index (χ1) is 17.9. The van der Waals surface area contributed by atoms with Gasteiger partial charge in [0.05, 0.1) is 22.4 Å². The molecule has 0 atom stereocenters. The molecule has 0 bridgehead atoms. The highest BCUT2D eigenvalue weighted by molar-refractivity contribution is 6.08. The molecule has 3 N–H and O–H groups in total. The van der Waals surface area contributed by atoms with Crippen molar-refractivity contribution in [3.63, 3.8) is 0 Å². The number of anilines is 3. The maximum Gasteiger partial charge on any atom is 0.411 e. The topological polar surface area (TPSA) is 75.3 Å². The van der Waals surface area contributed by atoms with Crippen LogP contribution in [0.5, 0.6) is 0 Å². The van der Waals surface area contributed by atoms with E-state index in [0.29, 0.717) is 0 Å². The summed E-state index contributed by atoms with van der Waals surface area (Å²) in [7, 11) is 0. The lowest BCUT2D eigenvalue weighted by Gasteiger charge is -2.17. The molecule has 0 unspecified atom stereocenters. The number of ether oxygens (including phenoxy) is 1. The monoisotopic (exact) mass is 498 g/mol. The molecule has 4 aromatic carbocycles. The summed E-state index contributed by atoms with van der Waals surface area (Å²) in [6.45, 7) is 4.11. The molecule has 0 saturated carbocycles. The van der Waals surface area contributed by atoms with Crippen molar-refractivity contribution in [3.05, 3.63) is 107 Å². The van der Waals surface area contributed by atoms with Crippen molar-refractivity contribution in [1.82, 2.24) is 4.98 Å². The minimum atomic E-state index is -0.818. The minimum absolute atomic E-state index is 0.0237. The summed E-state index contributed by atoms with van der Waals surface area (Å²) in [4.78, 5) is 17.0. The van der Waals surface area contributed by atoms with E-state index in [1.165, 1.54) is 5.56 Å². The number of halogens is 2. The highest BCUT2D eigenvalue weighted by atomic mass is 19.1. The predicted molar refractivity (Wildman–Crippen MR) is 143 cm³/mol. The van der Waals surface area contributed by atoms with Crippen molar-refractivity contribution in [2.24, 2.45) is 0 Å². The number of carbonyl (C=O) groups excluding carboxylic acids is 1. The Kier molecular flexibility index (Phi) is 6.55. The van der Waals surface area contributed by atoms with Crippen LogP contribution in [-0.4, -0.2) is 11.1 Å². The molecule has 37 heavy (non-hydrogen) atoms. The van der Waals surface area contributed by atoms with E-state index in [1.807, 2.05) is 48.5 Å². The van der Waals surface area contributed by atoms with Gasteiger partial charge in [0, 0.05) is 22.5 Å². The highest BCUT2D eigenvalue weighted by Gasteiger charge is 2.12. The fourth-order valence-electron chi connectivity index (χ4n) is 4.13. The summed E-state index contributed by atoms with van der Waals surface area (Å²) in [6, 6.07) is 22.2. The van der Waals surface area contributed by atoms with Gasteiger partial charge in [0.25, 0.3) is 0 Å². The molecule has 5 aromatic rings. The second-order valence-electron chi connectivity index (χ2n) is 8.72. The van der Waals surface area contributed by atoms with E-state index in [9.17, 15) is 13.6 Å². The van der Waals surface area contributed by atoms with Crippen LogP contribution in [0.25, 0.3) is 21.8 Å². The molecule has 0 radical (unpaired) electrons. The molecule has 6 nitrogen and oxygen atoms in total. The number of amides is 1. The molecule has 0 aliphatic heterocycles. The van der Waals surface area contributed by atoms with E-state index in [-0.39, 0.29) is 12.3 Å². The summed E-state index contributed by atoms with van der Waals surface area (Å²) >= 11 is 0. The molecule has 5 rings (SSSR count). The van der Waals surface area contributed by atoms with Gasteiger partial charge in [0.2, 0.25) is 0 Å². The number of carbonyl (C=O) groups is 1. The normalized spacial score (nSPS) is 10.9. The zero-order valence-electron chi connectivity index (χ0n) is 20.2. The second-order valence-corrected chi connectivity index (χ2v) is 8.72. The first-order valence-electron chi connectivity index (χ1n) is 11.7. The van der Waals surface area contributed by atoms with Crippen molar-refractivity contribution in [2.45, 2.75) is 20.5 Å². The summed E-state index contributed by atoms with van der Waals surface area (Å²) in [5.74, 6) is -1.58. The van der Waals surface area contributed by atoms with Gasteiger partial charge in [-0.25, -0.2) is 18.6 Å². The number of rotatable bonds is 6. The Morgan fingerprint density at radius 3 is 2.43 bits per heavy atom. The van der Waals surface area contributed by atoms with Crippen LogP contribution in [0.15, 0.2) is 78.9 Å². The molecule has 186 valence electrons. The van der Waals surface area contributed by atoms with Gasteiger partial charge in [-0.05, 0) is 60.9 Å². The summed E-state index contributed by atoms with van der Waals surface area (Å²) in [6.07, 6.45) is -0.818. The van der Waals surface area contributed by atoms with Crippen molar-refractivity contribution < 1.29 is 18.3 Å². The minimum Gasteiger partial charge on any atom is -0.444 e. The van der Waals surface area contributed by atoms with Gasteiger partial charge in [0.15, 0.2) is 0 Å². The quantitative estimate of drug-likeness (QED) is 0.167. The zero-order valence-corrected chi connectivity index (χ0v) is 20.2. The van der Waals surface area contributed by atoms with Crippen molar-refractivity contribution in [3.8, 4) is 0 Å². The number of hydrazine groups is 1. The number of aryl methyl sites for hydroxylation is 2. The van der Waals surface area contributed by atoms with E-state index in [4.69, 9.17) is 9.72 Å². The lowest BCUT2D eigenvalue weighted by Crippen LogP contribution is -2.14. The largest absolute Gasteiger partial charge is 0.444 e. The second kappa shape index (κ2) is 10.1. The SMILES string of the molecule is Cc1ccc2c(NNc3cccc(COC(=O)Nc4cc(F)cc(F)c4)c3)c3ccccc3nc2c1C. The number of benzene rings is 4. The average molecular weight is 499 g/mol. The van der Waals surface area contributed by atoms with Crippen molar-refractivity contribution in [2.75, 3.05) is 16.2 Å². The van der Waals surface area contributed by atoms with Gasteiger partial charge in [-0.1, -0.05) is 42.5 Å². The van der Waals surface area contributed by atoms with Gasteiger partial charge in [-0.15, -0.1) is 0 Å². The predicted octanol–water partition coefficient (Wildman–Crippen LogP) is 7.47. The Balaban J connectivity index is 1.31. The lowest BCUT2D eigenvalue weighted by atomic mass is 10.0. The van der Waals surface area contributed by atoms with Crippen LogP contribution >= 0.6 is 0 Å². The molecular weight excluding hydrogens is 474 g/mol. The first kappa shape index (κ1) is 24.0. The van der Waals surface area contributed by atoms with Crippen molar-refractivity contribution in [1.29, 1.82) is 0 Å². The Morgan fingerprint density at radius 1 is 0.838 bits per heavy atom. The summed E-state index contributed by atoms with van der Waals surface area (Å²) in [5.41, 5.74) is 13.1. The lowest BCUT2D eigenvalue weighted by molar-refractivity contribution is 0.155. The van der Waals surface area contributed by atoms with Crippen LogP contribution in [0.3, 0.4) is 0 Å². The number of nitrogens with zero attached hydrogens (tertiary/aromatic N) is 1. The van der Waals surface area contributed by atoms with Crippen LogP contribution in [0.1, 0.15) is 16.7 Å². The van der Waals surface area contributed by atoms with Gasteiger partial charge < -0.3 is 10.2 Å². The molecule has 0 aliphatic carbocycles. The van der Waals surface area contributed by atoms with Gasteiger partial charge in [-0.3, -0.25) is 10.7 Å². The first-order valence-corrected chi connectivity index (χ1v) is 11.7. The number of hydrogen-bond acceptors (Lipinski definition) is 5. The molecule has 0 aliphatic rings. The van der Waals surface area contributed by atoms with Crippen molar-refractivity contribution >= 4 is 45.0 Å². The van der Waals surface area contributed by atoms with Gasteiger partial charge in [0.1, 0.15) is 18.2 Å². The molecule has 0 spiro atoms. The zero-order chi connectivity index (χ0) is 25.9. The van der Waals surface area contributed by atoms with Crippen LogP contribution in [0.2, 0.25) is 0 Å². The van der Waals surface area contributed by atoms with Crippen LogP contribution in [-0.2, 0) is 11.3 Å². The van der Waals surface area contributed by atoms with E-state index >= 15 is 0 Å². The number of para-hydroxylation sites is 1. The van der Waals surface area contributed by atoms with Gasteiger partial charge in [-0.2, -0.15) is 0 Å². The molecule has 0 saturated heterocycles. The van der Waals surface area contributed by atoms with Crippen LogP contribution in [0, 0.1) is 25.5 Å². The number of fused-ring (bicyclic) bond motifs is 2. The Bertz CT molecular complexity index is 1620. The Morgan fingerprint density at radius 2 is 1.62 bits per heavy atom. The molecule has 0 fully saturated rings. The van der Waals surface area contributed by atoms with E-state index in [0.717, 1.165) is 62.5 Å². The standard InChI is InChI=1S/C29H24F2N4O2/c1-17-10-11-25-27(18(17)2)33-26-9-4-3-8-24(26)28(25)35-34-22-7-5-6-19(12-22)16-37-29(36)32-23-14-20(30)13-21(31)15-23/h3-15,34H,16H2,1-2H3,(H,32,36)(H,33,35). The van der Waals surface area contributed by atoms with E-state index in [2.05, 4.69) is 42.1 Å². The Labute approximate surface area is 212 Å². The Hall–Kier alpha value is -4.72. The molecule has 1 heterocycles. The molecular formula is C29H24F2N4O2. The maximum absolute atomic E-state index is 13.3. The molecule has 1 amide bonds. The fourth-order valence-corrected chi connectivity index (χ4v) is 4.13. The summed E-state index contributed by atoms with van der Waals surface area (Å²) in [5, 5.41) is 4.30. The fraction of sp³-hybridized carbons (Fsp3) is 0.103. The third-order valence-corrected chi connectivity index (χ3v) is 6.11. The number of aromatic nitrogens is 1. The highest BCUT2D eigenvalue weighted by Crippen LogP contribution is 2.33. The van der Waals surface area contributed by atoms with E-state index in [1.54, 1.807) is 0 Å². The average Bonchev–Trinajstić information content (AvgIpc) is 2.87. The smallest absolute Gasteiger partial charge is 0.411 e. The number of hydrogen-bond donors (Lipinski definition) is 3. The maximum atomic E-state index is 13.3. The van der Waals surface area contributed by atoms with Crippen LogP contribution < -0.4 is 16.2 Å². The van der Waals surface area contributed by atoms with E-state index < -0.39 is 17.7 Å².